The van der Waals surface area contributed by atoms with Crippen LogP contribution >= 0.6 is 0 Å². The molecule has 0 aliphatic carbocycles. The lowest BCUT2D eigenvalue weighted by molar-refractivity contribution is -0.122. The number of ether oxygens (including phenoxy) is 1. The van der Waals surface area contributed by atoms with Gasteiger partial charge in [0.25, 0.3) is 0 Å². The number of carbonyl (C=O) groups is 1. The molecular formula is C18H18O2. The van der Waals surface area contributed by atoms with Crippen molar-refractivity contribution in [2.24, 2.45) is 5.92 Å². The molecule has 102 valence electrons. The number of Topliss-reactive ketones (excluding diaryl/α,β-unsaturated/α-hetero) is 1. The predicted molar refractivity (Wildman–Crippen MR) is 78.2 cm³/mol. The van der Waals surface area contributed by atoms with Gasteiger partial charge in [0.05, 0.1) is 18.1 Å². The van der Waals surface area contributed by atoms with Gasteiger partial charge >= 0.3 is 0 Å². The molecule has 2 aromatic rings. The van der Waals surface area contributed by atoms with Crippen molar-refractivity contribution < 1.29 is 9.53 Å². The molecule has 0 saturated carbocycles. The number of hydrogen-bond acceptors (Lipinski definition) is 2. The molecule has 2 nitrogen and oxygen atoms in total. The second kappa shape index (κ2) is 5.59. The van der Waals surface area contributed by atoms with Gasteiger partial charge in [-0.05, 0) is 24.5 Å². The van der Waals surface area contributed by atoms with E-state index in [0.717, 1.165) is 17.5 Å². The van der Waals surface area contributed by atoms with E-state index in [2.05, 4.69) is 12.1 Å². The molecule has 1 saturated heterocycles. The van der Waals surface area contributed by atoms with Gasteiger partial charge < -0.3 is 4.74 Å². The predicted octanol–water partition coefficient (Wildman–Crippen LogP) is 4.09. The summed E-state index contributed by atoms with van der Waals surface area (Å²) in [6.07, 6.45) is 0.646. The van der Waals surface area contributed by atoms with Crippen LogP contribution < -0.4 is 0 Å². The van der Waals surface area contributed by atoms with Gasteiger partial charge in [0.2, 0.25) is 0 Å². The molecule has 0 N–H and O–H groups in total. The van der Waals surface area contributed by atoms with E-state index < -0.39 is 0 Å². The highest BCUT2D eigenvalue weighted by Crippen LogP contribution is 2.45. The van der Waals surface area contributed by atoms with Gasteiger partial charge in [-0.3, -0.25) is 4.79 Å². The monoisotopic (exact) mass is 266 g/mol. The fraction of sp³-hybridized carbons (Fsp3) is 0.278. The third-order valence-electron chi connectivity index (χ3n) is 3.97. The summed E-state index contributed by atoms with van der Waals surface area (Å²) in [6.45, 7) is 1.66. The van der Waals surface area contributed by atoms with Gasteiger partial charge in [-0.15, -0.1) is 0 Å². The summed E-state index contributed by atoms with van der Waals surface area (Å²) in [4.78, 5) is 11.9. The number of hydrogen-bond donors (Lipinski definition) is 0. The Morgan fingerprint density at radius 2 is 1.50 bits per heavy atom. The van der Waals surface area contributed by atoms with E-state index in [1.807, 2.05) is 48.5 Å². The maximum absolute atomic E-state index is 11.9. The van der Waals surface area contributed by atoms with Gasteiger partial charge in [-0.2, -0.15) is 0 Å². The molecule has 2 aromatic carbocycles. The summed E-state index contributed by atoms with van der Waals surface area (Å²) in [6, 6.07) is 20.2. The molecule has 20 heavy (non-hydrogen) atoms. The zero-order valence-corrected chi connectivity index (χ0v) is 11.5. The lowest BCUT2D eigenvalue weighted by Crippen LogP contribution is -2.15. The lowest BCUT2D eigenvalue weighted by atomic mass is 9.90. The first-order valence-electron chi connectivity index (χ1n) is 7.01. The van der Waals surface area contributed by atoms with Gasteiger partial charge in [0.15, 0.2) is 0 Å². The van der Waals surface area contributed by atoms with Crippen molar-refractivity contribution >= 4 is 5.78 Å². The molecular weight excluding hydrogens is 248 g/mol. The van der Waals surface area contributed by atoms with Crippen LogP contribution in [0.5, 0.6) is 0 Å². The quantitative estimate of drug-likeness (QED) is 0.836. The van der Waals surface area contributed by atoms with Crippen LogP contribution in [0.1, 0.15) is 36.7 Å². The average Bonchev–Trinajstić information content (AvgIpc) is 2.94. The summed E-state index contributed by atoms with van der Waals surface area (Å²) in [7, 11) is 0. The van der Waals surface area contributed by atoms with Gasteiger partial charge in [-0.1, -0.05) is 60.7 Å². The smallest absolute Gasteiger partial charge is 0.135 e. The van der Waals surface area contributed by atoms with Crippen LogP contribution in [0.3, 0.4) is 0 Å². The highest BCUT2D eigenvalue weighted by Gasteiger charge is 2.39. The van der Waals surface area contributed by atoms with Crippen molar-refractivity contribution in [3.05, 3.63) is 71.8 Å². The van der Waals surface area contributed by atoms with E-state index in [0.29, 0.717) is 0 Å². The van der Waals surface area contributed by atoms with E-state index in [1.54, 1.807) is 6.92 Å². The Morgan fingerprint density at radius 1 is 0.950 bits per heavy atom. The summed E-state index contributed by atoms with van der Waals surface area (Å²) in [5.41, 5.74) is 2.24. The first-order chi connectivity index (χ1) is 9.75. The molecule has 0 spiro atoms. The Balaban J connectivity index is 1.89. The fourth-order valence-electron chi connectivity index (χ4n) is 2.90. The maximum atomic E-state index is 11.9. The summed E-state index contributed by atoms with van der Waals surface area (Å²) < 4.78 is 6.19. The van der Waals surface area contributed by atoms with E-state index in [9.17, 15) is 4.79 Å². The fourth-order valence-corrected chi connectivity index (χ4v) is 2.90. The second-order valence-corrected chi connectivity index (χ2v) is 5.32. The largest absolute Gasteiger partial charge is 0.365 e. The highest BCUT2D eigenvalue weighted by molar-refractivity contribution is 5.79. The van der Waals surface area contributed by atoms with Crippen molar-refractivity contribution in [2.45, 2.75) is 25.6 Å². The SMILES string of the molecule is CC(=O)C1CC(c2ccccc2)OC1c1ccccc1. The zero-order valence-electron chi connectivity index (χ0n) is 11.5. The highest BCUT2D eigenvalue weighted by atomic mass is 16.5. The number of rotatable bonds is 3. The Kier molecular flexibility index (Phi) is 3.66. The number of ketones is 1. The van der Waals surface area contributed by atoms with E-state index in [4.69, 9.17) is 4.74 Å². The molecule has 0 amide bonds. The maximum Gasteiger partial charge on any atom is 0.135 e. The van der Waals surface area contributed by atoms with Crippen LogP contribution in [0, 0.1) is 5.92 Å². The topological polar surface area (TPSA) is 26.3 Å². The summed E-state index contributed by atoms with van der Waals surface area (Å²) in [5.74, 6) is 0.153. The standard InChI is InChI=1S/C18H18O2/c1-13(19)16-12-17(14-8-4-2-5-9-14)20-18(16)15-10-6-3-7-11-15/h2-11,16-18H,12H2,1H3. The summed E-state index contributed by atoms with van der Waals surface area (Å²) in [5, 5.41) is 0. The Hall–Kier alpha value is -1.93. The molecule has 3 atom stereocenters. The third-order valence-corrected chi connectivity index (χ3v) is 3.97. The van der Waals surface area contributed by atoms with Crippen LogP contribution in [0.2, 0.25) is 0 Å². The minimum atomic E-state index is -0.126. The van der Waals surface area contributed by atoms with Crippen molar-refractivity contribution in [2.75, 3.05) is 0 Å². The Bertz CT molecular complexity index is 577. The van der Waals surface area contributed by atoms with Crippen LogP contribution in [0.15, 0.2) is 60.7 Å². The lowest BCUT2D eigenvalue weighted by Gasteiger charge is -2.17. The van der Waals surface area contributed by atoms with Crippen LogP contribution in [-0.4, -0.2) is 5.78 Å². The molecule has 1 aliphatic rings. The molecule has 1 fully saturated rings. The van der Waals surface area contributed by atoms with Crippen LogP contribution in [0.25, 0.3) is 0 Å². The molecule has 0 radical (unpaired) electrons. The van der Waals surface area contributed by atoms with Crippen molar-refractivity contribution in [3.8, 4) is 0 Å². The molecule has 2 heteroatoms. The summed E-state index contributed by atoms with van der Waals surface area (Å²) >= 11 is 0. The van der Waals surface area contributed by atoms with Crippen molar-refractivity contribution in [1.29, 1.82) is 0 Å². The minimum absolute atomic E-state index is 0.00954. The van der Waals surface area contributed by atoms with Crippen LogP contribution in [0.4, 0.5) is 0 Å². The Labute approximate surface area is 119 Å². The number of benzene rings is 2. The van der Waals surface area contributed by atoms with Crippen LogP contribution in [-0.2, 0) is 9.53 Å². The molecule has 1 heterocycles. The van der Waals surface area contributed by atoms with E-state index in [-0.39, 0.29) is 23.9 Å². The Morgan fingerprint density at radius 3 is 2.05 bits per heavy atom. The van der Waals surface area contributed by atoms with E-state index in [1.165, 1.54) is 0 Å². The zero-order chi connectivity index (χ0) is 13.9. The number of carbonyl (C=O) groups excluding carboxylic acids is 1. The van der Waals surface area contributed by atoms with Gasteiger partial charge in [0.1, 0.15) is 5.78 Å². The van der Waals surface area contributed by atoms with Crippen molar-refractivity contribution in [3.63, 3.8) is 0 Å². The van der Waals surface area contributed by atoms with Gasteiger partial charge in [-0.25, -0.2) is 0 Å². The molecule has 3 unspecified atom stereocenters. The molecule has 1 aliphatic heterocycles. The minimum Gasteiger partial charge on any atom is -0.365 e. The average molecular weight is 266 g/mol. The normalized spacial score (nSPS) is 25.6. The molecule has 0 aromatic heterocycles. The first kappa shape index (κ1) is 13.1. The first-order valence-corrected chi connectivity index (χ1v) is 7.01. The van der Waals surface area contributed by atoms with Crippen molar-refractivity contribution in [1.82, 2.24) is 0 Å². The molecule has 3 rings (SSSR count). The van der Waals surface area contributed by atoms with E-state index >= 15 is 0 Å². The molecule has 0 bridgehead atoms. The third kappa shape index (κ3) is 2.52. The van der Waals surface area contributed by atoms with Gasteiger partial charge in [0, 0.05) is 0 Å². The second-order valence-electron chi connectivity index (χ2n) is 5.32.